The van der Waals surface area contributed by atoms with Crippen LogP contribution in [-0.2, 0) is 25.7 Å². The van der Waals surface area contributed by atoms with Gasteiger partial charge in [-0.1, -0.05) is 174 Å². The molecule has 96 heavy (non-hydrogen) atoms. The highest BCUT2D eigenvalue weighted by Crippen LogP contribution is 2.51. The van der Waals surface area contributed by atoms with Crippen LogP contribution in [0.3, 0.4) is 0 Å². The fraction of sp³-hybridized carbons (Fsp3) is 0.545. The van der Waals surface area contributed by atoms with Crippen molar-refractivity contribution in [1.29, 1.82) is 0 Å². The quantitative estimate of drug-likeness (QED) is 0.0328. The normalized spacial score (nSPS) is 20.6. The highest BCUT2D eigenvalue weighted by Gasteiger charge is 2.35. The molecule has 8 nitrogen and oxygen atoms in total. The smallest absolute Gasteiger partial charge is 0.126 e. The average Bonchev–Trinajstić information content (AvgIpc) is 0.824. The fourth-order valence-corrected chi connectivity index (χ4v) is 15.2. The lowest BCUT2D eigenvalue weighted by Gasteiger charge is -2.32. The van der Waals surface area contributed by atoms with E-state index in [1.807, 2.05) is 24.3 Å². The van der Waals surface area contributed by atoms with Gasteiger partial charge in [0, 0.05) is 45.9 Å². The Hall–Kier alpha value is -6.80. The molecule has 4 aliphatic carbocycles. The fourth-order valence-electron chi connectivity index (χ4n) is 15.2. The van der Waals surface area contributed by atoms with E-state index in [0.29, 0.717) is 46.7 Å². The first-order valence-electron chi connectivity index (χ1n) is 36.8. The minimum atomic E-state index is 0.149. The zero-order valence-electron chi connectivity index (χ0n) is 62.8. The van der Waals surface area contributed by atoms with E-state index in [1.165, 1.54) is 96.0 Å². The Labute approximate surface area is 583 Å². The molecule has 8 rings (SSSR count). The number of methoxy groups -OCH3 is 4. The molecule has 0 saturated heterocycles. The molecule has 4 aromatic carbocycles. The summed E-state index contributed by atoms with van der Waals surface area (Å²) in [6.07, 6.45) is 36.1. The highest BCUT2D eigenvalue weighted by atomic mass is 16.5. The maximum Gasteiger partial charge on any atom is 0.126 e. The average molecular weight is 1310 g/mol. The number of ether oxygens (including phenoxy) is 4. The number of hydrogen-bond donors (Lipinski definition) is 4. The van der Waals surface area contributed by atoms with E-state index in [9.17, 15) is 20.4 Å². The Kier molecular flexibility index (Phi) is 33.4. The number of phenolic OH excluding ortho intramolecular Hbond substituents is 4. The SMILES string of the molecule is C=C(C)[C@@H]1CCC(C)=C[C@@H]1c1c(O)cc(CCCCC)cc1OC.C=C(C)[C@@H]1CCC(C)=C[C@H]1c1c(O)cc(CCCCC)cc1OC.C=C(C)[C@H]1CCC(C)=C[C@@H]1c1c(O)cc(CCCCC)cc1OC.C=C(C)[C@H]1CCC(C)=C[C@H]1c1c(O)cc(CCCCC)cc1OC. The van der Waals surface area contributed by atoms with Crippen molar-refractivity contribution >= 4 is 0 Å². The van der Waals surface area contributed by atoms with Crippen LogP contribution in [0.15, 0.2) is 144 Å². The van der Waals surface area contributed by atoms with E-state index >= 15 is 0 Å². The molecular weight excluding hydrogens is 1180 g/mol. The molecule has 4 aromatic rings. The van der Waals surface area contributed by atoms with Gasteiger partial charge in [-0.3, -0.25) is 0 Å². The molecule has 0 fully saturated rings. The first-order valence-corrected chi connectivity index (χ1v) is 36.8. The predicted octanol–water partition coefficient (Wildman–Crippen LogP) is 24.6. The van der Waals surface area contributed by atoms with Gasteiger partial charge in [-0.2, -0.15) is 0 Å². The summed E-state index contributed by atoms with van der Waals surface area (Å²) in [5.74, 6) is 6.73. The van der Waals surface area contributed by atoms with Gasteiger partial charge in [0.15, 0.2) is 0 Å². The second-order valence-corrected chi connectivity index (χ2v) is 28.9. The second kappa shape index (κ2) is 40.2. The molecular formula is C88H128O8. The van der Waals surface area contributed by atoms with Gasteiger partial charge in [-0.05, 0) is 253 Å². The van der Waals surface area contributed by atoms with Gasteiger partial charge in [0.05, 0.1) is 28.4 Å². The zero-order chi connectivity index (χ0) is 70.8. The number of phenols is 4. The van der Waals surface area contributed by atoms with Crippen molar-refractivity contribution < 1.29 is 39.4 Å². The summed E-state index contributed by atoms with van der Waals surface area (Å²) in [7, 11) is 6.79. The molecule has 0 radical (unpaired) electrons. The second-order valence-electron chi connectivity index (χ2n) is 28.9. The maximum absolute atomic E-state index is 10.8. The van der Waals surface area contributed by atoms with Crippen molar-refractivity contribution in [3.8, 4) is 46.0 Å². The lowest BCUT2D eigenvalue weighted by Crippen LogP contribution is -2.17. The van der Waals surface area contributed by atoms with E-state index in [1.54, 1.807) is 28.4 Å². The summed E-state index contributed by atoms with van der Waals surface area (Å²) < 4.78 is 22.7. The van der Waals surface area contributed by atoms with Crippen LogP contribution in [0.2, 0.25) is 0 Å². The lowest BCUT2D eigenvalue weighted by molar-refractivity contribution is 0.381. The standard InChI is InChI=1S/4C22H32O2/c4*1-6-7-8-9-17-13-20(23)22(21(14-17)24-5)19-12-16(4)10-11-18(19)15(2)3/h4*12-14,18-19,23H,2,6-11H2,1,3-5H3/t2*18-,19+;2*18-,19-/m1010/s1. The number of hydrogen-bond acceptors (Lipinski definition) is 8. The monoisotopic (exact) mass is 1310 g/mol. The summed E-state index contributed by atoms with van der Waals surface area (Å²) in [6.45, 7) is 42.6. The van der Waals surface area contributed by atoms with Crippen LogP contribution in [0.5, 0.6) is 46.0 Å². The maximum atomic E-state index is 10.8. The van der Waals surface area contributed by atoms with Crippen molar-refractivity contribution in [2.24, 2.45) is 23.7 Å². The van der Waals surface area contributed by atoms with Crippen LogP contribution >= 0.6 is 0 Å². The molecule has 4 aliphatic rings. The van der Waals surface area contributed by atoms with Crippen LogP contribution < -0.4 is 18.9 Å². The third-order valence-electron chi connectivity index (χ3n) is 20.7. The lowest BCUT2D eigenvalue weighted by atomic mass is 9.73. The number of aromatic hydroxyl groups is 4. The van der Waals surface area contributed by atoms with Crippen molar-refractivity contribution in [3.05, 3.63) is 188 Å². The van der Waals surface area contributed by atoms with E-state index in [0.717, 1.165) is 170 Å². The molecule has 0 saturated carbocycles. The number of aryl methyl sites for hydroxylation is 4. The van der Waals surface area contributed by atoms with Crippen LogP contribution in [0.25, 0.3) is 0 Å². The van der Waals surface area contributed by atoms with Crippen LogP contribution in [0.4, 0.5) is 0 Å². The predicted molar refractivity (Wildman–Crippen MR) is 408 cm³/mol. The molecule has 0 amide bonds. The summed E-state index contributed by atoms with van der Waals surface area (Å²) in [5.41, 5.74) is 18.5. The molecule has 4 N–H and O–H groups in total. The molecule has 0 spiro atoms. The summed E-state index contributed by atoms with van der Waals surface area (Å²) in [4.78, 5) is 0. The van der Waals surface area contributed by atoms with Crippen LogP contribution in [-0.4, -0.2) is 48.9 Å². The third-order valence-corrected chi connectivity index (χ3v) is 20.7. The van der Waals surface area contributed by atoms with E-state index < -0.39 is 0 Å². The van der Waals surface area contributed by atoms with E-state index in [-0.39, 0.29) is 23.7 Å². The Morgan fingerprint density at radius 3 is 0.677 bits per heavy atom. The molecule has 8 atom stereocenters. The van der Waals surface area contributed by atoms with Crippen molar-refractivity contribution in [2.45, 2.75) is 261 Å². The minimum absolute atomic E-state index is 0.149. The van der Waals surface area contributed by atoms with E-state index in [2.05, 4.69) is 158 Å². The van der Waals surface area contributed by atoms with Gasteiger partial charge < -0.3 is 39.4 Å². The topological polar surface area (TPSA) is 118 Å². The zero-order valence-corrected chi connectivity index (χ0v) is 62.8. The Morgan fingerprint density at radius 1 is 0.333 bits per heavy atom. The Bertz CT molecular complexity index is 2890. The molecule has 528 valence electrons. The summed E-state index contributed by atoms with van der Waals surface area (Å²) in [6, 6.07) is 16.2. The van der Waals surface area contributed by atoms with Gasteiger partial charge in [-0.25, -0.2) is 0 Å². The molecule has 8 heteroatoms. The van der Waals surface area contributed by atoms with Gasteiger partial charge >= 0.3 is 0 Å². The Morgan fingerprint density at radius 2 is 0.521 bits per heavy atom. The van der Waals surface area contributed by atoms with Crippen molar-refractivity contribution in [3.63, 3.8) is 0 Å². The van der Waals surface area contributed by atoms with Gasteiger partial charge in [0.25, 0.3) is 0 Å². The summed E-state index contributed by atoms with van der Waals surface area (Å²) in [5, 5.41) is 43.0. The minimum Gasteiger partial charge on any atom is -0.507 e. The molecule has 0 aliphatic heterocycles. The van der Waals surface area contributed by atoms with E-state index in [4.69, 9.17) is 18.9 Å². The molecule has 0 unspecified atom stereocenters. The first kappa shape index (κ1) is 79.9. The van der Waals surface area contributed by atoms with Gasteiger partial charge in [0.2, 0.25) is 0 Å². The van der Waals surface area contributed by atoms with Crippen LogP contribution in [0.1, 0.15) is 280 Å². The molecule has 0 aromatic heterocycles. The van der Waals surface area contributed by atoms with Crippen LogP contribution in [0, 0.1) is 23.7 Å². The molecule has 0 bridgehead atoms. The summed E-state index contributed by atoms with van der Waals surface area (Å²) >= 11 is 0. The first-order chi connectivity index (χ1) is 45.9. The highest BCUT2D eigenvalue weighted by molar-refractivity contribution is 5.56. The van der Waals surface area contributed by atoms with Crippen molar-refractivity contribution in [2.75, 3.05) is 28.4 Å². The molecule has 0 heterocycles. The van der Waals surface area contributed by atoms with Gasteiger partial charge in [-0.15, -0.1) is 0 Å². The third kappa shape index (κ3) is 22.6. The number of unbranched alkanes of at least 4 members (excludes halogenated alkanes) is 8. The number of benzene rings is 4. The number of rotatable bonds is 28. The van der Waals surface area contributed by atoms with Crippen molar-refractivity contribution in [1.82, 2.24) is 0 Å². The van der Waals surface area contributed by atoms with Gasteiger partial charge in [0.1, 0.15) is 46.0 Å². The number of allylic oxidation sites excluding steroid dienone is 12. The largest absolute Gasteiger partial charge is 0.507 e. The Balaban J connectivity index is 0.000000231.